The van der Waals surface area contributed by atoms with Gasteiger partial charge in [-0.15, -0.1) is 0 Å². The fraction of sp³-hybridized carbons (Fsp3) is 0.538. The topological polar surface area (TPSA) is 38.7 Å². The number of benzene rings is 1. The molecule has 1 heterocycles. The molecule has 2 atom stereocenters. The largest absolute Gasteiger partial charge is 0.489 e. The standard InChI is InChI=1S/C13H18O3/c1-3-11(14)10-4-5-12-13(6-10)16-8-9(2)7-15-12/h4-6,9,11,14H,3,7-8H2,1-2H3. The number of fused-ring (bicyclic) bond motifs is 1. The zero-order valence-electron chi connectivity index (χ0n) is 9.77. The van der Waals surface area contributed by atoms with Crippen molar-refractivity contribution in [2.24, 2.45) is 5.92 Å². The van der Waals surface area contributed by atoms with E-state index in [1.165, 1.54) is 0 Å². The minimum Gasteiger partial charge on any atom is -0.489 e. The number of aliphatic hydroxyl groups excluding tert-OH is 1. The molecule has 0 aromatic heterocycles. The summed E-state index contributed by atoms with van der Waals surface area (Å²) in [6.45, 7) is 5.39. The molecule has 1 aromatic carbocycles. The van der Waals surface area contributed by atoms with Gasteiger partial charge in [-0.05, 0) is 24.1 Å². The quantitative estimate of drug-likeness (QED) is 0.835. The van der Waals surface area contributed by atoms with Crippen LogP contribution in [0.1, 0.15) is 31.9 Å². The molecule has 2 rings (SSSR count). The Bertz CT molecular complexity index is 362. The van der Waals surface area contributed by atoms with Crippen molar-refractivity contribution in [3.63, 3.8) is 0 Å². The molecule has 0 fully saturated rings. The maximum Gasteiger partial charge on any atom is 0.161 e. The Hall–Kier alpha value is -1.22. The van der Waals surface area contributed by atoms with E-state index in [4.69, 9.17) is 9.47 Å². The Morgan fingerprint density at radius 3 is 2.69 bits per heavy atom. The lowest BCUT2D eigenvalue weighted by atomic mass is 10.1. The Morgan fingerprint density at radius 2 is 2.00 bits per heavy atom. The molecule has 0 saturated carbocycles. The smallest absolute Gasteiger partial charge is 0.161 e. The van der Waals surface area contributed by atoms with E-state index < -0.39 is 6.10 Å². The molecule has 3 nitrogen and oxygen atoms in total. The monoisotopic (exact) mass is 222 g/mol. The van der Waals surface area contributed by atoms with Crippen molar-refractivity contribution in [1.29, 1.82) is 0 Å². The molecule has 2 unspecified atom stereocenters. The minimum absolute atomic E-state index is 0.395. The second kappa shape index (κ2) is 4.74. The second-order valence-corrected chi connectivity index (χ2v) is 4.36. The third kappa shape index (κ3) is 2.30. The van der Waals surface area contributed by atoms with E-state index in [1.807, 2.05) is 25.1 Å². The summed E-state index contributed by atoms with van der Waals surface area (Å²) >= 11 is 0. The van der Waals surface area contributed by atoms with Gasteiger partial charge in [-0.2, -0.15) is 0 Å². The van der Waals surface area contributed by atoms with Gasteiger partial charge in [0.15, 0.2) is 11.5 Å². The van der Waals surface area contributed by atoms with Crippen LogP contribution in [0.25, 0.3) is 0 Å². The first-order chi connectivity index (χ1) is 7.70. The fourth-order valence-electron chi connectivity index (χ4n) is 1.71. The van der Waals surface area contributed by atoms with Gasteiger partial charge in [0.05, 0.1) is 19.3 Å². The van der Waals surface area contributed by atoms with E-state index in [9.17, 15) is 5.11 Å². The fourth-order valence-corrected chi connectivity index (χ4v) is 1.71. The molecular formula is C13H18O3. The van der Waals surface area contributed by atoms with Gasteiger partial charge < -0.3 is 14.6 Å². The van der Waals surface area contributed by atoms with Crippen LogP contribution >= 0.6 is 0 Å². The maximum absolute atomic E-state index is 9.76. The lowest BCUT2D eigenvalue weighted by Gasteiger charge is -2.12. The van der Waals surface area contributed by atoms with Gasteiger partial charge in [0.2, 0.25) is 0 Å². The first-order valence-electron chi connectivity index (χ1n) is 5.78. The maximum atomic E-state index is 9.76. The Morgan fingerprint density at radius 1 is 1.31 bits per heavy atom. The molecule has 3 heteroatoms. The Labute approximate surface area is 96.0 Å². The third-order valence-electron chi connectivity index (χ3n) is 2.79. The van der Waals surface area contributed by atoms with E-state index in [1.54, 1.807) is 0 Å². The average molecular weight is 222 g/mol. The normalized spacial score (nSPS) is 21.3. The highest BCUT2D eigenvalue weighted by Crippen LogP contribution is 2.33. The molecule has 0 radical (unpaired) electrons. The summed E-state index contributed by atoms with van der Waals surface area (Å²) in [5.74, 6) is 1.91. The van der Waals surface area contributed by atoms with Gasteiger partial charge in [-0.3, -0.25) is 0 Å². The number of aliphatic hydroxyl groups is 1. The molecule has 88 valence electrons. The number of hydrogen-bond donors (Lipinski definition) is 1. The average Bonchev–Trinajstić information content (AvgIpc) is 2.50. The molecule has 1 aromatic rings. The van der Waals surface area contributed by atoms with Crippen LogP contribution in [-0.4, -0.2) is 18.3 Å². The summed E-state index contributed by atoms with van der Waals surface area (Å²) in [7, 11) is 0. The molecule has 1 aliphatic heterocycles. The summed E-state index contributed by atoms with van der Waals surface area (Å²) in [6.07, 6.45) is 0.283. The van der Waals surface area contributed by atoms with E-state index in [-0.39, 0.29) is 0 Å². The van der Waals surface area contributed by atoms with Crippen molar-refractivity contribution < 1.29 is 14.6 Å². The van der Waals surface area contributed by atoms with Gasteiger partial charge in [-0.1, -0.05) is 19.9 Å². The first kappa shape index (κ1) is 11.3. The molecule has 1 aliphatic rings. The van der Waals surface area contributed by atoms with Crippen LogP contribution in [0.5, 0.6) is 11.5 Å². The van der Waals surface area contributed by atoms with Gasteiger partial charge in [0.25, 0.3) is 0 Å². The molecule has 0 bridgehead atoms. The van der Waals surface area contributed by atoms with Crippen LogP contribution in [0.4, 0.5) is 0 Å². The zero-order valence-corrected chi connectivity index (χ0v) is 9.77. The molecule has 1 N–H and O–H groups in total. The van der Waals surface area contributed by atoms with Crippen molar-refractivity contribution in [3.05, 3.63) is 23.8 Å². The van der Waals surface area contributed by atoms with Crippen LogP contribution in [-0.2, 0) is 0 Å². The second-order valence-electron chi connectivity index (χ2n) is 4.36. The van der Waals surface area contributed by atoms with Crippen molar-refractivity contribution in [2.45, 2.75) is 26.4 Å². The van der Waals surface area contributed by atoms with Gasteiger partial charge >= 0.3 is 0 Å². The molecule has 0 amide bonds. The van der Waals surface area contributed by atoms with Crippen LogP contribution in [0.15, 0.2) is 18.2 Å². The Balaban J connectivity index is 2.25. The Kier molecular flexibility index (Phi) is 3.34. The third-order valence-corrected chi connectivity index (χ3v) is 2.79. The van der Waals surface area contributed by atoms with Gasteiger partial charge in [0, 0.05) is 5.92 Å². The van der Waals surface area contributed by atoms with Crippen LogP contribution in [0, 0.1) is 5.92 Å². The van der Waals surface area contributed by atoms with Gasteiger partial charge in [0.1, 0.15) is 0 Å². The van der Waals surface area contributed by atoms with Crippen molar-refractivity contribution in [2.75, 3.05) is 13.2 Å². The molecule has 0 spiro atoms. The molecule has 16 heavy (non-hydrogen) atoms. The highest BCUT2D eigenvalue weighted by molar-refractivity contribution is 5.44. The van der Waals surface area contributed by atoms with Crippen LogP contribution < -0.4 is 9.47 Å². The summed E-state index contributed by atoms with van der Waals surface area (Å²) < 4.78 is 11.3. The SMILES string of the molecule is CCC(O)c1ccc2c(c1)OCC(C)CO2. The van der Waals surface area contributed by atoms with E-state index in [0.717, 1.165) is 17.1 Å². The van der Waals surface area contributed by atoms with Crippen molar-refractivity contribution in [3.8, 4) is 11.5 Å². The summed E-state index contributed by atoms with van der Waals surface area (Å²) in [5, 5.41) is 9.76. The predicted octanol–water partition coefficient (Wildman–Crippen LogP) is 2.54. The highest BCUT2D eigenvalue weighted by Gasteiger charge is 2.16. The summed E-state index contributed by atoms with van der Waals surface area (Å²) in [5.41, 5.74) is 0.888. The molecular weight excluding hydrogens is 204 g/mol. The predicted molar refractivity (Wildman–Crippen MR) is 61.8 cm³/mol. The number of ether oxygens (including phenoxy) is 2. The molecule has 0 aliphatic carbocycles. The number of hydrogen-bond acceptors (Lipinski definition) is 3. The lowest BCUT2D eigenvalue weighted by molar-refractivity contribution is 0.173. The first-order valence-corrected chi connectivity index (χ1v) is 5.78. The van der Waals surface area contributed by atoms with E-state index in [0.29, 0.717) is 25.6 Å². The van der Waals surface area contributed by atoms with Crippen LogP contribution in [0.2, 0.25) is 0 Å². The molecule has 0 saturated heterocycles. The number of rotatable bonds is 2. The summed E-state index contributed by atoms with van der Waals surface area (Å²) in [4.78, 5) is 0. The van der Waals surface area contributed by atoms with E-state index in [2.05, 4.69) is 6.92 Å². The van der Waals surface area contributed by atoms with Gasteiger partial charge in [-0.25, -0.2) is 0 Å². The van der Waals surface area contributed by atoms with Crippen LogP contribution in [0.3, 0.4) is 0 Å². The van der Waals surface area contributed by atoms with E-state index >= 15 is 0 Å². The van der Waals surface area contributed by atoms with Crippen molar-refractivity contribution >= 4 is 0 Å². The lowest BCUT2D eigenvalue weighted by Crippen LogP contribution is -2.12. The van der Waals surface area contributed by atoms with Crippen molar-refractivity contribution in [1.82, 2.24) is 0 Å². The zero-order chi connectivity index (χ0) is 11.5. The summed E-state index contributed by atoms with van der Waals surface area (Å²) in [6, 6.07) is 5.65. The minimum atomic E-state index is -0.422. The highest BCUT2D eigenvalue weighted by atomic mass is 16.5.